The van der Waals surface area contributed by atoms with E-state index in [4.69, 9.17) is 27.9 Å². The van der Waals surface area contributed by atoms with Crippen LogP contribution in [0.1, 0.15) is 13.8 Å². The summed E-state index contributed by atoms with van der Waals surface area (Å²) in [5.41, 5.74) is 1.82. The predicted molar refractivity (Wildman–Crippen MR) is 220 cm³/mol. The molecule has 0 saturated heterocycles. The van der Waals surface area contributed by atoms with E-state index in [9.17, 15) is 40.0 Å². The van der Waals surface area contributed by atoms with E-state index in [0.717, 1.165) is 94.7 Å². The molecule has 0 spiro atoms. The van der Waals surface area contributed by atoms with Crippen LogP contribution in [0.15, 0.2) is 119 Å². The zero-order chi connectivity index (χ0) is 43.2. The van der Waals surface area contributed by atoms with Crippen LogP contribution >= 0.6 is 57.2 Å². The molecule has 0 fully saturated rings. The minimum absolute atomic E-state index is 0. The van der Waals surface area contributed by atoms with Crippen LogP contribution in [-0.4, -0.2) is 63.2 Å². The summed E-state index contributed by atoms with van der Waals surface area (Å²) in [6, 6.07) is 6.01. The summed E-state index contributed by atoms with van der Waals surface area (Å²) < 4.78 is 7.38. The molecule has 0 unspecified atom stereocenters. The Bertz CT molecular complexity index is 2490. The smallest absolute Gasteiger partial charge is 0.408 e. The Morgan fingerprint density at radius 3 is 1.73 bits per heavy atom. The van der Waals surface area contributed by atoms with E-state index < -0.39 is 21.4 Å². The fraction of sp³-hybridized carbons (Fsp3) is 0.182. The number of ketones is 2. The van der Waals surface area contributed by atoms with Gasteiger partial charge in [-0.1, -0.05) is 45.9 Å². The van der Waals surface area contributed by atoms with E-state index in [-0.39, 0.29) is 69.4 Å². The van der Waals surface area contributed by atoms with Crippen molar-refractivity contribution in [3.05, 3.63) is 118 Å². The number of carbonyl (C=O) groups is 2. The normalized spacial score (nSPS) is 15.6. The summed E-state index contributed by atoms with van der Waals surface area (Å²) in [7, 11) is 3.61. The molecule has 27 heteroatoms. The second-order valence-electron chi connectivity index (χ2n) is 10.9. The third-order valence-electron chi connectivity index (χ3n) is 7.16. The number of hydrogen-bond acceptors (Lipinski definition) is 19. The predicted octanol–water partition coefficient (Wildman–Crippen LogP) is 5.88. The first-order chi connectivity index (χ1) is 28.1. The van der Waals surface area contributed by atoms with Gasteiger partial charge >= 0.3 is 15.1 Å². The van der Waals surface area contributed by atoms with Gasteiger partial charge in [0.25, 0.3) is 0 Å². The van der Waals surface area contributed by atoms with Crippen LogP contribution in [0.4, 0.5) is 26.5 Å². The van der Waals surface area contributed by atoms with Gasteiger partial charge in [0.05, 0.1) is 39.2 Å². The molecule has 3 heterocycles. The number of aliphatic hydroxyl groups is 2. The molecule has 1 radical (unpaired) electrons. The van der Waals surface area contributed by atoms with E-state index in [1.807, 2.05) is 35.3 Å². The number of thiazole rings is 3. The summed E-state index contributed by atoms with van der Waals surface area (Å²) in [6.07, 6.45) is 8.15. The number of ether oxygens (including phenoxy) is 1. The number of methoxy groups -OCH3 is 1. The van der Waals surface area contributed by atoms with Crippen molar-refractivity contribution in [2.75, 3.05) is 25.1 Å². The van der Waals surface area contributed by atoms with E-state index in [2.05, 4.69) is 65.4 Å². The summed E-state index contributed by atoms with van der Waals surface area (Å²) >= 11 is 14.2. The zero-order valence-corrected chi connectivity index (χ0v) is 36.2. The Morgan fingerprint density at radius 2 is 1.33 bits per heavy atom. The number of rotatable bonds is 10. The van der Waals surface area contributed by atoms with Gasteiger partial charge in [0.15, 0.2) is 11.4 Å². The first kappa shape index (κ1) is 48.4. The van der Waals surface area contributed by atoms with E-state index in [1.54, 1.807) is 18.4 Å². The molecule has 3 aromatic heterocycles. The number of aliphatic hydroxyl groups excluding tert-OH is 2. The number of allylic oxidation sites excluding steroid dienone is 6. The van der Waals surface area contributed by atoms with E-state index in [0.29, 0.717) is 0 Å². The second-order valence-corrected chi connectivity index (χ2v) is 14.6. The van der Waals surface area contributed by atoms with E-state index >= 15 is 0 Å². The molecule has 0 bridgehead atoms. The van der Waals surface area contributed by atoms with E-state index in [1.165, 1.54) is 0 Å². The molecule has 0 aliphatic heterocycles. The molecular weight excluding hydrogens is 934 g/mol. The average Bonchev–Trinajstić information content (AvgIpc) is 3.99. The number of azo groups is 1. The van der Waals surface area contributed by atoms with Gasteiger partial charge in [-0.15, -0.1) is 0 Å². The third kappa shape index (κ3) is 13.5. The Hall–Kier alpha value is -5.96. The molecule has 4 aromatic rings. The summed E-state index contributed by atoms with van der Waals surface area (Å²) in [5.74, 6) is -1.11. The van der Waals surface area contributed by atoms with Crippen molar-refractivity contribution in [2.24, 2.45) is 37.7 Å². The Labute approximate surface area is 370 Å². The maximum absolute atomic E-state index is 11.1. The van der Waals surface area contributed by atoms with Gasteiger partial charge in [0.1, 0.15) is 29.1 Å². The standard InChI is InChI=1S/C15H21N4OS.2C9H5ClN4O4S.Co/c1-5-19(6-2)12-7-8-13(14(11-12)20-4)16-17-15-18(3)9-10-21-15;2*10-4-1-5(7(16)2-6(4)15)12-13-9-11-3-8(19-9)14(17)18;/h7-11H,5-6H2,1-4H3;2*1-3H,(H2,11,13,15,16);/q+1;;;/p-2. The number of carbonyl (C=O) groups excluding carboxylic acids is 2. The molecule has 317 valence electrons. The topological polar surface area (TPSA) is 280 Å². The quantitative estimate of drug-likeness (QED) is 0.0620. The molecule has 6 rings (SSSR count). The minimum atomic E-state index is -0.600. The second kappa shape index (κ2) is 23.0. The van der Waals surface area contributed by atoms with Gasteiger partial charge in [0.2, 0.25) is 11.6 Å². The molecule has 60 heavy (non-hydrogen) atoms. The molecule has 0 atom stereocenters. The van der Waals surface area contributed by atoms with Gasteiger partial charge in [-0.2, -0.15) is 0 Å². The molecular formula is C33H29Cl2CoN12O9S3-. The number of aryl methyl sites for hydroxylation is 1. The van der Waals surface area contributed by atoms with Gasteiger partial charge in [0, 0.05) is 81.2 Å². The first-order valence-corrected chi connectivity index (χ1v) is 19.6. The molecule has 0 saturated carbocycles. The van der Waals surface area contributed by atoms with Gasteiger partial charge in [-0.05, 0) is 54.6 Å². The van der Waals surface area contributed by atoms with Crippen molar-refractivity contribution in [2.45, 2.75) is 13.8 Å². The largest absolute Gasteiger partial charge is 0.506 e. The Morgan fingerprint density at radius 1 is 0.833 bits per heavy atom. The van der Waals surface area contributed by atoms with Crippen LogP contribution in [0.2, 0.25) is 0 Å². The molecule has 2 N–H and O–H groups in total. The molecule has 1 aromatic carbocycles. The zero-order valence-electron chi connectivity index (χ0n) is 31.2. The van der Waals surface area contributed by atoms with Crippen molar-refractivity contribution < 1.29 is 55.7 Å². The molecule has 2 aliphatic carbocycles. The van der Waals surface area contributed by atoms with Crippen molar-refractivity contribution >= 4 is 107 Å². The Kier molecular flexibility index (Phi) is 18.5. The maximum Gasteiger partial charge on any atom is 0.408 e. The SMILES string of the molecule is CCN(CC)c1ccc(N=Nc2scc[n+]2C)c(OC)c1.O=C1C=C(O)C(=NN=c2[n-]cc([N+](=O)[O-])s2)C=C1Cl.O=C1C=C(O)C(=NN=c2[n-]cc([N+](=O)[O-])s2)C=C1Cl.[Co]. The van der Waals surface area contributed by atoms with Crippen LogP contribution in [0.5, 0.6) is 5.75 Å². The number of nitrogens with zero attached hydrogens (tertiary/aromatic N) is 12. The Balaban J connectivity index is 0.000000239. The average molecular weight is 964 g/mol. The van der Waals surface area contributed by atoms with Crippen LogP contribution in [-0.2, 0) is 33.4 Å². The summed E-state index contributed by atoms with van der Waals surface area (Å²) in [4.78, 5) is 51.6. The maximum atomic E-state index is 11.1. The number of halogens is 2. The van der Waals surface area contributed by atoms with Crippen molar-refractivity contribution in [3.8, 4) is 5.75 Å². The van der Waals surface area contributed by atoms with Gasteiger partial charge in [-0.3, -0.25) is 40.0 Å². The van der Waals surface area contributed by atoms with Gasteiger partial charge in [-0.25, -0.2) is 4.57 Å². The minimum Gasteiger partial charge on any atom is -0.506 e. The number of nitro groups is 2. The van der Waals surface area contributed by atoms with Crippen molar-refractivity contribution in [3.63, 3.8) is 0 Å². The van der Waals surface area contributed by atoms with Crippen LogP contribution in [0, 0.1) is 20.2 Å². The third-order valence-corrected chi connectivity index (χ3v) is 10.3. The van der Waals surface area contributed by atoms with Crippen LogP contribution in [0.25, 0.3) is 0 Å². The molecule has 0 amide bonds. The van der Waals surface area contributed by atoms with Crippen LogP contribution < -0.4 is 33.8 Å². The van der Waals surface area contributed by atoms with Crippen molar-refractivity contribution in [1.82, 2.24) is 9.97 Å². The molecule has 21 nitrogen and oxygen atoms in total. The number of anilines is 1. The number of hydrogen-bond donors (Lipinski definition) is 2. The van der Waals surface area contributed by atoms with Crippen LogP contribution in [0.3, 0.4) is 0 Å². The summed E-state index contributed by atoms with van der Waals surface area (Å²) in [5, 5.41) is 65.1. The summed E-state index contributed by atoms with van der Waals surface area (Å²) in [6.45, 7) is 6.21. The fourth-order valence-corrected chi connectivity index (χ4v) is 6.35. The number of benzene rings is 1. The number of aromatic nitrogens is 3. The fourth-order valence-electron chi connectivity index (χ4n) is 4.25. The van der Waals surface area contributed by atoms with Gasteiger partial charge < -0.3 is 40.0 Å². The first-order valence-electron chi connectivity index (χ1n) is 16.3. The van der Waals surface area contributed by atoms with Crippen molar-refractivity contribution in [1.29, 1.82) is 0 Å². The monoisotopic (exact) mass is 962 g/mol. The molecule has 2 aliphatic rings.